The monoisotopic (exact) mass is 212 g/mol. The number of hydrogen-bond acceptors (Lipinski definition) is 3. The molecule has 0 radical (unpaired) electrons. The Kier molecular flexibility index (Phi) is 3.26. The number of carboxylic acids is 1. The molecule has 0 amide bonds. The van der Waals surface area contributed by atoms with Crippen molar-refractivity contribution in [3.05, 3.63) is 0 Å². The van der Waals surface area contributed by atoms with Crippen molar-refractivity contribution in [2.24, 2.45) is 17.8 Å². The van der Waals surface area contributed by atoms with Crippen molar-refractivity contribution in [1.29, 1.82) is 0 Å². The van der Waals surface area contributed by atoms with Crippen LogP contribution in [-0.2, 0) is 4.79 Å². The third-order valence-electron chi connectivity index (χ3n) is 3.57. The van der Waals surface area contributed by atoms with Crippen LogP contribution >= 0.6 is 0 Å². The lowest BCUT2D eigenvalue weighted by Gasteiger charge is -2.11. The molecule has 2 N–H and O–H groups in total. The molecule has 3 unspecified atom stereocenters. The Morgan fingerprint density at radius 2 is 2.33 bits per heavy atom. The second-order valence-electron chi connectivity index (χ2n) is 5.02. The minimum atomic E-state index is -0.623. The third kappa shape index (κ3) is 2.92. The van der Waals surface area contributed by atoms with Gasteiger partial charge in [-0.15, -0.1) is 0 Å². The summed E-state index contributed by atoms with van der Waals surface area (Å²) in [6.07, 6.45) is 2.14. The van der Waals surface area contributed by atoms with Crippen molar-refractivity contribution >= 4 is 5.97 Å². The average Bonchev–Trinajstić information content (AvgIpc) is 2.83. The number of likely N-dealkylation sites (tertiary alicyclic amines) is 1. The van der Waals surface area contributed by atoms with Gasteiger partial charge in [0.05, 0.1) is 5.92 Å². The molecule has 3 atom stereocenters. The Morgan fingerprint density at radius 3 is 2.87 bits per heavy atom. The van der Waals surface area contributed by atoms with Gasteiger partial charge in [0, 0.05) is 6.54 Å². The van der Waals surface area contributed by atoms with E-state index >= 15 is 0 Å². The van der Waals surface area contributed by atoms with Crippen LogP contribution in [0.3, 0.4) is 0 Å². The SMILES string of the molecule is CN1CCC(CNCC2CC2C(=O)O)C1. The van der Waals surface area contributed by atoms with Gasteiger partial charge in [0.25, 0.3) is 0 Å². The summed E-state index contributed by atoms with van der Waals surface area (Å²) in [7, 11) is 2.15. The summed E-state index contributed by atoms with van der Waals surface area (Å²) in [4.78, 5) is 13.0. The normalized spacial score (nSPS) is 35.7. The van der Waals surface area contributed by atoms with Gasteiger partial charge >= 0.3 is 5.97 Å². The maximum absolute atomic E-state index is 10.6. The molecule has 0 aromatic heterocycles. The van der Waals surface area contributed by atoms with Gasteiger partial charge < -0.3 is 15.3 Å². The zero-order valence-corrected chi connectivity index (χ0v) is 9.28. The first kappa shape index (κ1) is 10.9. The van der Waals surface area contributed by atoms with Crippen LogP contribution in [0.2, 0.25) is 0 Å². The maximum Gasteiger partial charge on any atom is 0.306 e. The van der Waals surface area contributed by atoms with E-state index in [-0.39, 0.29) is 5.92 Å². The highest BCUT2D eigenvalue weighted by Gasteiger charge is 2.42. The highest BCUT2D eigenvalue weighted by molar-refractivity contribution is 5.73. The first-order valence-electron chi connectivity index (χ1n) is 5.79. The number of nitrogens with zero attached hydrogens (tertiary/aromatic N) is 1. The van der Waals surface area contributed by atoms with Crippen LogP contribution in [0, 0.1) is 17.8 Å². The van der Waals surface area contributed by atoms with Gasteiger partial charge in [-0.3, -0.25) is 4.79 Å². The van der Waals surface area contributed by atoms with Crippen molar-refractivity contribution in [1.82, 2.24) is 10.2 Å². The molecule has 0 spiro atoms. The standard InChI is InChI=1S/C11H20N2O2/c1-13-3-2-8(7-13)5-12-6-9-4-10(9)11(14)15/h8-10,12H,2-7H2,1H3,(H,14,15). The molecule has 4 nitrogen and oxygen atoms in total. The molecule has 1 saturated heterocycles. The quantitative estimate of drug-likeness (QED) is 0.686. The molecule has 2 fully saturated rings. The lowest BCUT2D eigenvalue weighted by molar-refractivity contribution is -0.138. The molecule has 1 heterocycles. The second-order valence-corrected chi connectivity index (χ2v) is 5.02. The van der Waals surface area contributed by atoms with Crippen LogP contribution in [0.4, 0.5) is 0 Å². The summed E-state index contributed by atoms with van der Waals surface area (Å²) < 4.78 is 0. The van der Waals surface area contributed by atoms with Crippen molar-refractivity contribution in [3.8, 4) is 0 Å². The first-order chi connectivity index (χ1) is 7.16. The minimum absolute atomic E-state index is 0.0660. The molecule has 2 rings (SSSR count). The molecule has 1 aliphatic heterocycles. The second kappa shape index (κ2) is 4.49. The first-order valence-corrected chi connectivity index (χ1v) is 5.79. The molecular weight excluding hydrogens is 192 g/mol. The summed E-state index contributed by atoms with van der Waals surface area (Å²) in [6, 6.07) is 0. The lowest BCUT2D eigenvalue weighted by atomic mass is 10.1. The fourth-order valence-corrected chi connectivity index (χ4v) is 2.44. The number of nitrogens with one attached hydrogen (secondary N) is 1. The number of carbonyl (C=O) groups is 1. The Labute approximate surface area is 90.6 Å². The van der Waals surface area contributed by atoms with Gasteiger partial charge in [0.15, 0.2) is 0 Å². The molecule has 1 saturated carbocycles. The molecule has 0 bridgehead atoms. The molecular formula is C11H20N2O2. The summed E-state index contributed by atoms with van der Waals surface area (Å²) in [5.41, 5.74) is 0. The number of carboxylic acid groups (broad SMARTS) is 1. The van der Waals surface area contributed by atoms with E-state index in [0.29, 0.717) is 5.92 Å². The summed E-state index contributed by atoms with van der Waals surface area (Å²) in [5, 5.41) is 12.1. The van der Waals surface area contributed by atoms with Crippen LogP contribution in [0.25, 0.3) is 0 Å². The highest BCUT2D eigenvalue weighted by atomic mass is 16.4. The third-order valence-corrected chi connectivity index (χ3v) is 3.57. The van der Waals surface area contributed by atoms with Gasteiger partial charge in [0.1, 0.15) is 0 Å². The molecule has 0 aromatic rings. The fraction of sp³-hybridized carbons (Fsp3) is 0.909. The zero-order valence-electron chi connectivity index (χ0n) is 9.28. The lowest BCUT2D eigenvalue weighted by Crippen LogP contribution is -2.27. The highest BCUT2D eigenvalue weighted by Crippen LogP contribution is 2.37. The fourth-order valence-electron chi connectivity index (χ4n) is 2.44. The zero-order chi connectivity index (χ0) is 10.8. The van der Waals surface area contributed by atoms with E-state index in [1.807, 2.05) is 0 Å². The largest absolute Gasteiger partial charge is 0.481 e. The van der Waals surface area contributed by atoms with E-state index in [0.717, 1.165) is 25.4 Å². The average molecular weight is 212 g/mol. The van der Waals surface area contributed by atoms with E-state index in [1.165, 1.54) is 19.5 Å². The van der Waals surface area contributed by atoms with Gasteiger partial charge in [-0.2, -0.15) is 0 Å². The van der Waals surface area contributed by atoms with E-state index < -0.39 is 5.97 Å². The van der Waals surface area contributed by atoms with Gasteiger partial charge in [-0.25, -0.2) is 0 Å². The van der Waals surface area contributed by atoms with Crippen molar-refractivity contribution in [3.63, 3.8) is 0 Å². The molecule has 0 aromatic carbocycles. The topological polar surface area (TPSA) is 52.6 Å². The smallest absolute Gasteiger partial charge is 0.306 e. The minimum Gasteiger partial charge on any atom is -0.481 e. The van der Waals surface area contributed by atoms with E-state index in [4.69, 9.17) is 5.11 Å². The van der Waals surface area contributed by atoms with Crippen LogP contribution in [0.5, 0.6) is 0 Å². The van der Waals surface area contributed by atoms with Crippen LogP contribution in [-0.4, -0.2) is 49.2 Å². The summed E-state index contributed by atoms with van der Waals surface area (Å²) in [6.45, 7) is 4.32. The van der Waals surface area contributed by atoms with E-state index in [9.17, 15) is 4.79 Å². The van der Waals surface area contributed by atoms with Crippen LogP contribution in [0.1, 0.15) is 12.8 Å². The van der Waals surface area contributed by atoms with E-state index in [2.05, 4.69) is 17.3 Å². The van der Waals surface area contributed by atoms with E-state index in [1.54, 1.807) is 0 Å². The molecule has 4 heteroatoms. The number of rotatable bonds is 5. The molecule has 1 aliphatic carbocycles. The van der Waals surface area contributed by atoms with Gasteiger partial charge in [0.2, 0.25) is 0 Å². The molecule has 15 heavy (non-hydrogen) atoms. The van der Waals surface area contributed by atoms with Crippen LogP contribution < -0.4 is 5.32 Å². The van der Waals surface area contributed by atoms with Crippen LogP contribution in [0.15, 0.2) is 0 Å². The Morgan fingerprint density at radius 1 is 1.53 bits per heavy atom. The molecule has 2 aliphatic rings. The van der Waals surface area contributed by atoms with Gasteiger partial charge in [-0.05, 0) is 51.4 Å². The Hall–Kier alpha value is -0.610. The number of aliphatic carboxylic acids is 1. The van der Waals surface area contributed by atoms with Gasteiger partial charge in [-0.1, -0.05) is 0 Å². The van der Waals surface area contributed by atoms with Crippen molar-refractivity contribution in [2.45, 2.75) is 12.8 Å². The predicted octanol–water partition coefficient (Wildman–Crippen LogP) is 0.248. The molecule has 86 valence electrons. The number of hydrogen-bond donors (Lipinski definition) is 2. The summed E-state index contributed by atoms with van der Waals surface area (Å²) in [5.74, 6) is 0.463. The Balaban J connectivity index is 1.55. The Bertz CT molecular complexity index is 245. The predicted molar refractivity (Wildman–Crippen MR) is 57.7 cm³/mol. The van der Waals surface area contributed by atoms with Crippen molar-refractivity contribution in [2.75, 3.05) is 33.2 Å². The maximum atomic E-state index is 10.6. The summed E-state index contributed by atoms with van der Waals surface area (Å²) >= 11 is 0. The van der Waals surface area contributed by atoms with Crippen molar-refractivity contribution < 1.29 is 9.90 Å².